The Morgan fingerprint density at radius 3 is 2.79 bits per heavy atom. The van der Waals surface area contributed by atoms with E-state index in [4.69, 9.17) is 4.74 Å². The number of carbonyl (C=O) groups is 1. The van der Waals surface area contributed by atoms with Gasteiger partial charge in [0.05, 0.1) is 19.1 Å². The number of amides is 1. The molecule has 2 atom stereocenters. The number of β-amino-alcohol motifs (C(OH)–C–C–N with tert-alkyl or cyclic N) is 1. The van der Waals surface area contributed by atoms with Gasteiger partial charge in [-0.2, -0.15) is 0 Å². The maximum absolute atomic E-state index is 12.3. The molecule has 1 fully saturated rings. The Labute approximate surface area is 146 Å². The zero-order valence-corrected chi connectivity index (χ0v) is 14.7. The van der Waals surface area contributed by atoms with Crippen LogP contribution in [-0.4, -0.2) is 41.7 Å². The second kappa shape index (κ2) is 7.81. The molecular weight excluding hydrogens is 322 g/mol. The fourth-order valence-electron chi connectivity index (χ4n) is 3.16. The third kappa shape index (κ3) is 3.97. The van der Waals surface area contributed by atoms with Gasteiger partial charge in [0.1, 0.15) is 5.75 Å². The molecule has 128 valence electrons. The first-order valence-corrected chi connectivity index (χ1v) is 9.21. The molecule has 0 saturated carbocycles. The first-order chi connectivity index (χ1) is 11.6. The van der Waals surface area contributed by atoms with Gasteiger partial charge in [-0.05, 0) is 42.5 Å². The zero-order valence-electron chi connectivity index (χ0n) is 13.9. The number of likely N-dealkylation sites (tertiary alicyclic amines) is 1. The summed E-state index contributed by atoms with van der Waals surface area (Å²) in [5.41, 5.74) is 1.24. The van der Waals surface area contributed by atoms with Gasteiger partial charge in [-0.1, -0.05) is 18.2 Å². The van der Waals surface area contributed by atoms with Crippen molar-refractivity contribution in [1.82, 2.24) is 4.90 Å². The van der Waals surface area contributed by atoms with Crippen molar-refractivity contribution in [2.75, 3.05) is 19.7 Å². The van der Waals surface area contributed by atoms with Crippen LogP contribution in [0.25, 0.3) is 0 Å². The van der Waals surface area contributed by atoms with E-state index in [1.807, 2.05) is 30.3 Å². The number of ether oxygens (including phenoxy) is 1. The molecule has 2 heterocycles. The SMILES string of the molecule is Cc1ccsc1[C@@H]1CCN(C(=O)CCOc2ccccc2)C[C@H]1O. The van der Waals surface area contributed by atoms with E-state index in [-0.39, 0.29) is 11.8 Å². The van der Waals surface area contributed by atoms with Crippen molar-refractivity contribution < 1.29 is 14.6 Å². The van der Waals surface area contributed by atoms with Crippen LogP contribution in [0.4, 0.5) is 0 Å². The van der Waals surface area contributed by atoms with Crippen LogP contribution in [0.1, 0.15) is 29.2 Å². The third-order valence-electron chi connectivity index (χ3n) is 4.50. The Kier molecular flexibility index (Phi) is 5.53. The topological polar surface area (TPSA) is 49.8 Å². The highest BCUT2D eigenvalue weighted by atomic mass is 32.1. The average Bonchev–Trinajstić information content (AvgIpc) is 3.01. The van der Waals surface area contributed by atoms with E-state index >= 15 is 0 Å². The van der Waals surface area contributed by atoms with E-state index in [0.29, 0.717) is 26.1 Å². The first-order valence-electron chi connectivity index (χ1n) is 8.33. The number of thiophene rings is 1. The number of nitrogens with zero attached hydrogens (tertiary/aromatic N) is 1. The molecule has 5 heteroatoms. The number of aliphatic hydroxyl groups is 1. The molecule has 4 nitrogen and oxygen atoms in total. The molecule has 1 aliphatic heterocycles. The highest BCUT2D eigenvalue weighted by molar-refractivity contribution is 7.10. The van der Waals surface area contributed by atoms with Gasteiger partial charge >= 0.3 is 0 Å². The number of aryl methyl sites for hydroxylation is 1. The predicted octanol–water partition coefficient (Wildman–Crippen LogP) is 3.20. The summed E-state index contributed by atoms with van der Waals surface area (Å²) >= 11 is 1.70. The van der Waals surface area contributed by atoms with Crippen LogP contribution >= 0.6 is 11.3 Å². The molecule has 0 aliphatic carbocycles. The predicted molar refractivity (Wildman–Crippen MR) is 95.6 cm³/mol. The molecule has 1 aromatic carbocycles. The largest absolute Gasteiger partial charge is 0.493 e. The summed E-state index contributed by atoms with van der Waals surface area (Å²) in [4.78, 5) is 15.3. The molecular formula is C19H23NO3S. The Balaban J connectivity index is 1.48. The highest BCUT2D eigenvalue weighted by Crippen LogP contribution is 2.34. The summed E-state index contributed by atoms with van der Waals surface area (Å²) in [5, 5.41) is 12.5. The number of aliphatic hydroxyl groups excluding tert-OH is 1. The van der Waals surface area contributed by atoms with Crippen LogP contribution in [0.5, 0.6) is 5.75 Å². The second-order valence-corrected chi connectivity index (χ2v) is 7.13. The molecule has 1 amide bonds. The van der Waals surface area contributed by atoms with Crippen molar-refractivity contribution in [2.45, 2.75) is 31.8 Å². The van der Waals surface area contributed by atoms with Gasteiger partial charge in [-0.3, -0.25) is 4.79 Å². The minimum absolute atomic E-state index is 0.0475. The van der Waals surface area contributed by atoms with E-state index in [1.165, 1.54) is 10.4 Å². The van der Waals surface area contributed by atoms with Gasteiger partial charge in [0.15, 0.2) is 0 Å². The van der Waals surface area contributed by atoms with Gasteiger partial charge < -0.3 is 14.7 Å². The Morgan fingerprint density at radius 2 is 2.12 bits per heavy atom. The summed E-state index contributed by atoms with van der Waals surface area (Å²) in [6.45, 7) is 3.55. The van der Waals surface area contributed by atoms with Gasteiger partial charge in [0, 0.05) is 23.9 Å². The van der Waals surface area contributed by atoms with Crippen LogP contribution in [0.15, 0.2) is 41.8 Å². The monoisotopic (exact) mass is 345 g/mol. The highest BCUT2D eigenvalue weighted by Gasteiger charge is 2.32. The van der Waals surface area contributed by atoms with Crippen molar-refractivity contribution in [2.24, 2.45) is 0 Å². The smallest absolute Gasteiger partial charge is 0.226 e. The number of para-hydroxylation sites is 1. The molecule has 1 saturated heterocycles. The van der Waals surface area contributed by atoms with Gasteiger partial charge in [0.25, 0.3) is 0 Å². The van der Waals surface area contributed by atoms with E-state index in [0.717, 1.165) is 12.2 Å². The van der Waals surface area contributed by atoms with Crippen molar-refractivity contribution in [3.63, 3.8) is 0 Å². The molecule has 24 heavy (non-hydrogen) atoms. The Hall–Kier alpha value is -1.85. The van der Waals surface area contributed by atoms with Crippen molar-refractivity contribution in [3.8, 4) is 5.75 Å². The third-order valence-corrected chi connectivity index (χ3v) is 5.65. The zero-order chi connectivity index (χ0) is 16.9. The summed E-state index contributed by atoms with van der Waals surface area (Å²) in [6, 6.07) is 11.6. The molecule has 1 aromatic heterocycles. The quantitative estimate of drug-likeness (QED) is 0.905. The van der Waals surface area contributed by atoms with Crippen LogP contribution in [0.2, 0.25) is 0 Å². The number of piperidine rings is 1. The van der Waals surface area contributed by atoms with Crippen molar-refractivity contribution in [3.05, 3.63) is 52.2 Å². The fraction of sp³-hybridized carbons (Fsp3) is 0.421. The first kappa shape index (κ1) is 17.0. The number of benzene rings is 1. The minimum atomic E-state index is -0.491. The average molecular weight is 345 g/mol. The van der Waals surface area contributed by atoms with Crippen LogP contribution in [-0.2, 0) is 4.79 Å². The fourth-order valence-corrected chi connectivity index (χ4v) is 4.28. The molecule has 0 unspecified atom stereocenters. The number of hydrogen-bond acceptors (Lipinski definition) is 4. The molecule has 0 radical (unpaired) electrons. The number of hydrogen-bond donors (Lipinski definition) is 1. The molecule has 1 N–H and O–H groups in total. The van der Waals surface area contributed by atoms with Crippen LogP contribution in [0, 0.1) is 6.92 Å². The van der Waals surface area contributed by atoms with Crippen LogP contribution in [0.3, 0.4) is 0 Å². The minimum Gasteiger partial charge on any atom is -0.493 e. The Bertz CT molecular complexity index is 670. The standard InChI is InChI=1S/C19H23NO3S/c1-14-9-12-24-19(14)16-7-10-20(13-17(16)21)18(22)8-11-23-15-5-3-2-4-6-15/h2-6,9,12,16-17,21H,7-8,10-11,13H2,1H3/t16-,17-/m1/s1. The van der Waals surface area contributed by atoms with E-state index in [2.05, 4.69) is 18.4 Å². The lowest BCUT2D eigenvalue weighted by Crippen LogP contribution is -2.46. The summed E-state index contributed by atoms with van der Waals surface area (Å²) < 4.78 is 5.58. The van der Waals surface area contributed by atoms with Crippen molar-refractivity contribution >= 4 is 17.2 Å². The maximum atomic E-state index is 12.3. The van der Waals surface area contributed by atoms with E-state index in [1.54, 1.807) is 16.2 Å². The molecule has 0 spiro atoms. The van der Waals surface area contributed by atoms with Gasteiger partial charge in [-0.15, -0.1) is 11.3 Å². The summed E-state index contributed by atoms with van der Waals surface area (Å²) in [6.07, 6.45) is 0.660. The van der Waals surface area contributed by atoms with E-state index < -0.39 is 6.10 Å². The lowest BCUT2D eigenvalue weighted by molar-refractivity contribution is -0.135. The maximum Gasteiger partial charge on any atom is 0.226 e. The van der Waals surface area contributed by atoms with E-state index in [9.17, 15) is 9.90 Å². The molecule has 0 bridgehead atoms. The number of carbonyl (C=O) groups excluding carboxylic acids is 1. The second-order valence-electron chi connectivity index (χ2n) is 6.18. The Morgan fingerprint density at radius 1 is 1.33 bits per heavy atom. The summed E-state index contributed by atoms with van der Waals surface area (Å²) in [5.74, 6) is 0.971. The lowest BCUT2D eigenvalue weighted by atomic mass is 9.90. The normalized spacial score (nSPS) is 20.8. The lowest BCUT2D eigenvalue weighted by Gasteiger charge is -2.36. The summed E-state index contributed by atoms with van der Waals surface area (Å²) in [7, 11) is 0. The van der Waals surface area contributed by atoms with Gasteiger partial charge in [-0.25, -0.2) is 0 Å². The van der Waals surface area contributed by atoms with Crippen molar-refractivity contribution in [1.29, 1.82) is 0 Å². The molecule has 2 aromatic rings. The molecule has 1 aliphatic rings. The van der Waals surface area contributed by atoms with Crippen LogP contribution < -0.4 is 4.74 Å². The molecule has 3 rings (SSSR count). The van der Waals surface area contributed by atoms with Gasteiger partial charge in [0.2, 0.25) is 5.91 Å². The number of rotatable bonds is 5.